The first-order valence-electron chi connectivity index (χ1n) is 6.92. The smallest absolute Gasteiger partial charge is 0.221 e. The predicted molar refractivity (Wildman–Crippen MR) is 73.3 cm³/mol. The van der Waals surface area contributed by atoms with Crippen molar-refractivity contribution >= 4 is 17.7 Å². The van der Waals surface area contributed by atoms with Crippen molar-refractivity contribution in [3.05, 3.63) is 0 Å². The van der Waals surface area contributed by atoms with E-state index in [1.54, 1.807) is 0 Å². The lowest BCUT2D eigenvalue weighted by Gasteiger charge is -2.20. The molecule has 1 saturated heterocycles. The zero-order valence-electron chi connectivity index (χ0n) is 10.7. The molecule has 3 atom stereocenters. The molecule has 1 aliphatic carbocycles. The van der Waals surface area contributed by atoms with Gasteiger partial charge in [0.1, 0.15) is 0 Å². The second kappa shape index (κ2) is 6.64. The minimum absolute atomic E-state index is 0.220. The van der Waals surface area contributed by atoms with Gasteiger partial charge in [-0.15, -0.1) is 0 Å². The summed E-state index contributed by atoms with van der Waals surface area (Å²) in [4.78, 5) is 11.5. The Labute approximate surface area is 108 Å². The number of amides is 1. The highest BCUT2D eigenvalue weighted by molar-refractivity contribution is 7.99. The summed E-state index contributed by atoms with van der Waals surface area (Å²) >= 11 is 2.09. The Morgan fingerprint density at radius 2 is 2.24 bits per heavy atom. The third-order valence-electron chi connectivity index (χ3n) is 3.74. The summed E-state index contributed by atoms with van der Waals surface area (Å²) in [6.07, 6.45) is 6.84. The quantitative estimate of drug-likeness (QED) is 0.807. The average Bonchev–Trinajstić information content (AvgIpc) is 2.62. The van der Waals surface area contributed by atoms with Crippen molar-refractivity contribution < 1.29 is 4.79 Å². The van der Waals surface area contributed by atoms with Crippen molar-refractivity contribution in [2.24, 2.45) is 0 Å². The molecule has 3 nitrogen and oxygen atoms in total. The van der Waals surface area contributed by atoms with E-state index in [1.807, 2.05) is 0 Å². The van der Waals surface area contributed by atoms with Crippen molar-refractivity contribution in [3.63, 3.8) is 0 Å². The molecule has 0 spiro atoms. The highest BCUT2D eigenvalue weighted by Gasteiger charge is 2.27. The van der Waals surface area contributed by atoms with Gasteiger partial charge in [0.2, 0.25) is 5.91 Å². The maximum absolute atomic E-state index is 11.5. The van der Waals surface area contributed by atoms with Gasteiger partial charge in [0.05, 0.1) is 0 Å². The normalized spacial score (nSPS) is 34.4. The van der Waals surface area contributed by atoms with E-state index in [0.29, 0.717) is 18.5 Å². The van der Waals surface area contributed by atoms with E-state index < -0.39 is 0 Å². The van der Waals surface area contributed by atoms with E-state index in [9.17, 15) is 4.79 Å². The van der Waals surface area contributed by atoms with Gasteiger partial charge >= 0.3 is 0 Å². The third-order valence-corrected chi connectivity index (χ3v) is 4.97. The molecule has 0 aromatic carbocycles. The maximum atomic E-state index is 11.5. The zero-order valence-corrected chi connectivity index (χ0v) is 11.5. The molecule has 3 unspecified atom stereocenters. The minimum atomic E-state index is 0.220. The second-order valence-electron chi connectivity index (χ2n) is 5.15. The van der Waals surface area contributed by atoms with Crippen molar-refractivity contribution in [1.82, 2.24) is 10.6 Å². The van der Waals surface area contributed by atoms with Crippen LogP contribution in [0.15, 0.2) is 0 Å². The van der Waals surface area contributed by atoms with Gasteiger partial charge in [-0.2, -0.15) is 11.8 Å². The molecule has 1 heterocycles. The lowest BCUT2D eigenvalue weighted by Crippen LogP contribution is -2.38. The molecule has 17 heavy (non-hydrogen) atoms. The molecule has 1 amide bonds. The first-order chi connectivity index (χ1) is 8.28. The number of nitrogens with one attached hydrogen (secondary N) is 2. The Bertz CT molecular complexity index is 260. The number of carbonyl (C=O) groups excluding carboxylic acids is 1. The summed E-state index contributed by atoms with van der Waals surface area (Å²) in [6.45, 7) is 3.09. The van der Waals surface area contributed by atoms with E-state index in [1.165, 1.54) is 25.0 Å². The van der Waals surface area contributed by atoms with Crippen LogP contribution in [0.4, 0.5) is 0 Å². The zero-order chi connectivity index (χ0) is 12.1. The summed E-state index contributed by atoms with van der Waals surface area (Å²) in [6, 6.07) is 1.06. The van der Waals surface area contributed by atoms with Gasteiger partial charge in [-0.3, -0.25) is 4.79 Å². The van der Waals surface area contributed by atoms with Crippen molar-refractivity contribution in [2.75, 3.05) is 12.3 Å². The first kappa shape index (κ1) is 13.2. The van der Waals surface area contributed by atoms with E-state index in [-0.39, 0.29) is 5.91 Å². The summed E-state index contributed by atoms with van der Waals surface area (Å²) < 4.78 is 0. The number of thioether (sulfide) groups is 1. The van der Waals surface area contributed by atoms with Crippen LogP contribution < -0.4 is 10.6 Å². The number of carbonyl (C=O) groups is 1. The molecule has 0 aromatic heterocycles. The van der Waals surface area contributed by atoms with Crippen molar-refractivity contribution in [3.8, 4) is 0 Å². The van der Waals surface area contributed by atoms with Gasteiger partial charge in [0, 0.05) is 30.3 Å². The van der Waals surface area contributed by atoms with Gasteiger partial charge in [-0.05, 0) is 37.9 Å². The van der Waals surface area contributed by atoms with Crippen LogP contribution in [0.2, 0.25) is 0 Å². The molecule has 2 rings (SSSR count). The molecule has 4 heteroatoms. The van der Waals surface area contributed by atoms with Crippen LogP contribution in [0.5, 0.6) is 0 Å². The topological polar surface area (TPSA) is 41.1 Å². The second-order valence-corrected chi connectivity index (χ2v) is 6.72. The molecule has 2 aliphatic rings. The number of hydrogen-bond donors (Lipinski definition) is 2. The standard InChI is InChI=1S/C13H24N2OS/c1-2-17-12-6-5-11(8-12)15-10-4-3-7-14-13(16)9-10/h10-12,15H,2-9H2,1H3,(H,14,16). The fraction of sp³-hybridized carbons (Fsp3) is 0.923. The summed E-state index contributed by atoms with van der Waals surface area (Å²) in [5.41, 5.74) is 0. The summed E-state index contributed by atoms with van der Waals surface area (Å²) in [5.74, 6) is 1.45. The third kappa shape index (κ3) is 4.18. The van der Waals surface area contributed by atoms with Gasteiger partial charge in [-0.25, -0.2) is 0 Å². The molecular weight excluding hydrogens is 232 g/mol. The monoisotopic (exact) mass is 256 g/mol. The molecule has 1 saturated carbocycles. The maximum Gasteiger partial charge on any atom is 0.221 e. The van der Waals surface area contributed by atoms with Crippen LogP contribution in [-0.4, -0.2) is 35.5 Å². The predicted octanol–water partition coefficient (Wildman–Crippen LogP) is 1.92. The highest BCUT2D eigenvalue weighted by Crippen LogP contribution is 2.30. The molecule has 0 radical (unpaired) electrons. The Balaban J connectivity index is 1.75. The van der Waals surface area contributed by atoms with Crippen LogP contribution in [0, 0.1) is 0 Å². The Kier molecular flexibility index (Phi) is 5.16. The molecule has 2 fully saturated rings. The van der Waals surface area contributed by atoms with Crippen LogP contribution in [0.25, 0.3) is 0 Å². The molecule has 2 N–H and O–H groups in total. The molecule has 1 aliphatic heterocycles. The minimum Gasteiger partial charge on any atom is -0.356 e. The molecular formula is C13H24N2OS. The Hall–Kier alpha value is -0.220. The van der Waals surface area contributed by atoms with Crippen LogP contribution in [0.3, 0.4) is 0 Å². The van der Waals surface area contributed by atoms with Gasteiger partial charge in [0.15, 0.2) is 0 Å². The van der Waals surface area contributed by atoms with Crippen molar-refractivity contribution in [1.29, 1.82) is 0 Å². The summed E-state index contributed by atoms with van der Waals surface area (Å²) in [5, 5.41) is 7.49. The lowest BCUT2D eigenvalue weighted by atomic mass is 10.1. The largest absolute Gasteiger partial charge is 0.356 e. The fourth-order valence-corrected chi connectivity index (χ4v) is 4.07. The van der Waals surface area contributed by atoms with Gasteiger partial charge < -0.3 is 10.6 Å². The van der Waals surface area contributed by atoms with Crippen molar-refractivity contribution in [2.45, 2.75) is 62.8 Å². The molecule has 98 valence electrons. The first-order valence-corrected chi connectivity index (χ1v) is 7.97. The number of hydrogen-bond acceptors (Lipinski definition) is 3. The molecule has 0 aromatic rings. The number of rotatable bonds is 4. The highest BCUT2D eigenvalue weighted by atomic mass is 32.2. The molecule has 0 bridgehead atoms. The lowest BCUT2D eigenvalue weighted by molar-refractivity contribution is -0.121. The van der Waals surface area contributed by atoms with Crippen LogP contribution in [-0.2, 0) is 4.79 Å². The SMILES string of the molecule is CCSC1CCC(NC2CCCNC(=O)C2)C1. The Morgan fingerprint density at radius 3 is 3.06 bits per heavy atom. The van der Waals surface area contributed by atoms with Gasteiger partial charge in [-0.1, -0.05) is 6.92 Å². The van der Waals surface area contributed by atoms with Crippen LogP contribution in [0.1, 0.15) is 45.4 Å². The fourth-order valence-electron chi connectivity index (χ4n) is 2.93. The summed E-state index contributed by atoms with van der Waals surface area (Å²) in [7, 11) is 0. The van der Waals surface area contributed by atoms with Crippen LogP contribution >= 0.6 is 11.8 Å². The van der Waals surface area contributed by atoms with Gasteiger partial charge in [0.25, 0.3) is 0 Å². The average molecular weight is 256 g/mol. The Morgan fingerprint density at radius 1 is 1.35 bits per heavy atom. The van der Waals surface area contributed by atoms with E-state index >= 15 is 0 Å². The van der Waals surface area contributed by atoms with E-state index in [0.717, 1.165) is 24.6 Å². The van der Waals surface area contributed by atoms with E-state index in [2.05, 4.69) is 29.3 Å². The van der Waals surface area contributed by atoms with E-state index in [4.69, 9.17) is 0 Å².